The molecule has 1 N–H and O–H groups in total. The van der Waals surface area contributed by atoms with Gasteiger partial charge in [0.2, 0.25) is 0 Å². The summed E-state index contributed by atoms with van der Waals surface area (Å²) in [5.74, 6) is 1.14. The number of methoxy groups -OCH3 is 2. The molecule has 26 heavy (non-hydrogen) atoms. The quantitative estimate of drug-likeness (QED) is 0.455. The fraction of sp³-hybridized carbons (Fsp3) is 0.188. The molecule has 2 aromatic rings. The Hall–Kier alpha value is -3.69. The molecule has 0 amide bonds. The minimum absolute atomic E-state index is 0.0295. The number of rotatable bonds is 7. The number of hydrogen-bond acceptors (Lipinski definition) is 8. The molecule has 10 nitrogen and oxygen atoms in total. The molecule has 2 rings (SSSR count). The Morgan fingerprint density at radius 3 is 2.35 bits per heavy atom. The SMILES string of the molecule is COc1ccc(OC)c(C(C)=NNc2ccc([N+](=O)[O-])cc2[N+](=O)[O-])c1. The Morgan fingerprint density at radius 2 is 1.77 bits per heavy atom. The zero-order valence-electron chi connectivity index (χ0n) is 14.3. The first-order chi connectivity index (χ1) is 12.4. The largest absolute Gasteiger partial charge is 0.497 e. The molecule has 0 bridgehead atoms. The van der Waals surface area contributed by atoms with E-state index in [1.165, 1.54) is 20.3 Å². The second-order valence-electron chi connectivity index (χ2n) is 5.09. The van der Waals surface area contributed by atoms with Crippen molar-refractivity contribution in [3.8, 4) is 11.5 Å². The number of benzene rings is 2. The maximum Gasteiger partial charge on any atom is 0.301 e. The predicted molar refractivity (Wildman–Crippen MR) is 95.1 cm³/mol. The fourth-order valence-corrected chi connectivity index (χ4v) is 2.18. The minimum Gasteiger partial charge on any atom is -0.497 e. The summed E-state index contributed by atoms with van der Waals surface area (Å²) in [7, 11) is 3.03. The Labute approximate surface area is 148 Å². The number of non-ortho nitro benzene ring substituents is 1. The van der Waals surface area contributed by atoms with Crippen molar-refractivity contribution in [3.63, 3.8) is 0 Å². The van der Waals surface area contributed by atoms with Crippen molar-refractivity contribution in [3.05, 3.63) is 62.2 Å². The van der Waals surface area contributed by atoms with E-state index < -0.39 is 15.5 Å². The van der Waals surface area contributed by atoms with Crippen LogP contribution in [0.5, 0.6) is 11.5 Å². The Kier molecular flexibility index (Phi) is 5.68. The molecular weight excluding hydrogens is 344 g/mol. The highest BCUT2D eigenvalue weighted by Crippen LogP contribution is 2.29. The number of hydrogen-bond donors (Lipinski definition) is 1. The molecule has 0 aliphatic carbocycles. The van der Waals surface area contributed by atoms with Crippen LogP contribution in [0.1, 0.15) is 12.5 Å². The molecule has 0 atom stereocenters. The first kappa shape index (κ1) is 18.6. The minimum atomic E-state index is -0.716. The number of hydrazone groups is 1. The second-order valence-corrected chi connectivity index (χ2v) is 5.09. The van der Waals surface area contributed by atoms with Gasteiger partial charge >= 0.3 is 5.69 Å². The number of nitrogens with one attached hydrogen (secondary N) is 1. The van der Waals surface area contributed by atoms with Crippen molar-refractivity contribution in [1.82, 2.24) is 0 Å². The second kappa shape index (κ2) is 7.92. The molecule has 0 aromatic heterocycles. The molecular formula is C16H16N4O6. The number of nitro groups is 2. The lowest BCUT2D eigenvalue weighted by Crippen LogP contribution is -2.04. The van der Waals surface area contributed by atoms with Gasteiger partial charge in [0.1, 0.15) is 17.2 Å². The van der Waals surface area contributed by atoms with Crippen molar-refractivity contribution in [1.29, 1.82) is 0 Å². The Morgan fingerprint density at radius 1 is 1.04 bits per heavy atom. The summed E-state index contributed by atoms with van der Waals surface area (Å²) >= 11 is 0. The van der Waals surface area contributed by atoms with E-state index in [9.17, 15) is 20.2 Å². The molecule has 0 fully saturated rings. The first-order valence-electron chi connectivity index (χ1n) is 7.33. The molecule has 10 heteroatoms. The van der Waals surface area contributed by atoms with E-state index in [0.717, 1.165) is 12.1 Å². The molecule has 0 aliphatic heterocycles. The van der Waals surface area contributed by atoms with Gasteiger partial charge in [-0.2, -0.15) is 5.10 Å². The van der Waals surface area contributed by atoms with E-state index in [1.807, 2.05) is 0 Å². The zero-order chi connectivity index (χ0) is 19.3. The average molecular weight is 360 g/mol. The lowest BCUT2D eigenvalue weighted by atomic mass is 10.1. The third-order valence-corrected chi connectivity index (χ3v) is 3.53. The number of nitro benzene ring substituents is 2. The third kappa shape index (κ3) is 4.04. The van der Waals surface area contributed by atoms with Crippen LogP contribution in [0.3, 0.4) is 0 Å². The summed E-state index contributed by atoms with van der Waals surface area (Å²) in [6.07, 6.45) is 0. The van der Waals surface area contributed by atoms with E-state index in [0.29, 0.717) is 22.8 Å². The topological polar surface area (TPSA) is 129 Å². The monoisotopic (exact) mass is 360 g/mol. The zero-order valence-corrected chi connectivity index (χ0v) is 14.3. The maximum absolute atomic E-state index is 11.2. The average Bonchev–Trinajstić information content (AvgIpc) is 2.65. The highest BCUT2D eigenvalue weighted by Gasteiger charge is 2.19. The molecule has 136 valence electrons. The molecule has 0 unspecified atom stereocenters. The number of anilines is 1. The normalized spacial score (nSPS) is 11.0. The highest BCUT2D eigenvalue weighted by molar-refractivity contribution is 6.02. The lowest BCUT2D eigenvalue weighted by Gasteiger charge is -2.10. The van der Waals surface area contributed by atoms with Crippen molar-refractivity contribution in [2.24, 2.45) is 5.10 Å². The van der Waals surface area contributed by atoms with Crippen LogP contribution in [0, 0.1) is 20.2 Å². The molecule has 0 spiro atoms. The van der Waals surface area contributed by atoms with Crippen molar-refractivity contribution < 1.29 is 19.3 Å². The Bertz CT molecular complexity index is 881. The van der Waals surface area contributed by atoms with Crippen LogP contribution in [0.15, 0.2) is 41.5 Å². The summed E-state index contributed by atoms with van der Waals surface area (Å²) in [5.41, 5.74) is 2.89. The maximum atomic E-state index is 11.2. The predicted octanol–water partition coefficient (Wildman–Crippen LogP) is 3.36. The summed E-state index contributed by atoms with van der Waals surface area (Å²) in [5, 5.41) is 26.1. The summed E-state index contributed by atoms with van der Waals surface area (Å²) < 4.78 is 10.4. The summed E-state index contributed by atoms with van der Waals surface area (Å²) in [6.45, 7) is 1.68. The van der Waals surface area contributed by atoms with Gasteiger partial charge in [-0.3, -0.25) is 25.7 Å². The van der Waals surface area contributed by atoms with Crippen LogP contribution in [-0.4, -0.2) is 29.8 Å². The van der Waals surface area contributed by atoms with Crippen LogP contribution < -0.4 is 14.9 Å². The molecule has 0 radical (unpaired) electrons. The van der Waals surface area contributed by atoms with Gasteiger partial charge in [0, 0.05) is 11.6 Å². The van der Waals surface area contributed by atoms with Crippen LogP contribution in [0.25, 0.3) is 0 Å². The van der Waals surface area contributed by atoms with Crippen LogP contribution >= 0.6 is 0 Å². The summed E-state index contributed by atoms with van der Waals surface area (Å²) in [4.78, 5) is 20.5. The van der Waals surface area contributed by atoms with Gasteiger partial charge in [0.25, 0.3) is 5.69 Å². The van der Waals surface area contributed by atoms with E-state index in [4.69, 9.17) is 9.47 Å². The summed E-state index contributed by atoms with van der Waals surface area (Å²) in [6, 6.07) is 8.41. The van der Waals surface area contributed by atoms with Gasteiger partial charge in [-0.25, -0.2) is 0 Å². The fourth-order valence-electron chi connectivity index (χ4n) is 2.18. The van der Waals surface area contributed by atoms with Gasteiger partial charge in [-0.15, -0.1) is 0 Å². The molecule has 0 heterocycles. The van der Waals surface area contributed by atoms with E-state index in [-0.39, 0.29) is 11.4 Å². The highest BCUT2D eigenvalue weighted by atomic mass is 16.6. The number of ether oxygens (including phenoxy) is 2. The van der Waals surface area contributed by atoms with Gasteiger partial charge in [0.05, 0.1) is 35.8 Å². The van der Waals surface area contributed by atoms with Gasteiger partial charge < -0.3 is 9.47 Å². The molecule has 0 saturated carbocycles. The molecule has 0 aliphatic rings. The Balaban J connectivity index is 2.37. The first-order valence-corrected chi connectivity index (χ1v) is 7.33. The van der Waals surface area contributed by atoms with Gasteiger partial charge in [-0.05, 0) is 31.2 Å². The van der Waals surface area contributed by atoms with Crippen LogP contribution in [0.2, 0.25) is 0 Å². The smallest absolute Gasteiger partial charge is 0.301 e. The molecule has 0 saturated heterocycles. The van der Waals surface area contributed by atoms with Gasteiger partial charge in [0.15, 0.2) is 0 Å². The standard InChI is InChI=1S/C16H16N4O6/c1-10(13-9-12(25-2)5-7-16(13)26-3)17-18-14-6-4-11(19(21)22)8-15(14)20(23)24/h4-9,18H,1-3H3. The van der Waals surface area contributed by atoms with Crippen molar-refractivity contribution >= 4 is 22.8 Å². The van der Waals surface area contributed by atoms with Crippen molar-refractivity contribution in [2.45, 2.75) is 6.92 Å². The van der Waals surface area contributed by atoms with E-state index >= 15 is 0 Å². The van der Waals surface area contributed by atoms with Crippen LogP contribution in [0.4, 0.5) is 17.1 Å². The number of nitrogens with zero attached hydrogens (tertiary/aromatic N) is 3. The molecule has 2 aromatic carbocycles. The lowest BCUT2D eigenvalue weighted by molar-refractivity contribution is -0.393. The third-order valence-electron chi connectivity index (χ3n) is 3.53. The van der Waals surface area contributed by atoms with E-state index in [1.54, 1.807) is 25.1 Å². The van der Waals surface area contributed by atoms with Crippen molar-refractivity contribution in [2.75, 3.05) is 19.6 Å². The van der Waals surface area contributed by atoms with Gasteiger partial charge in [-0.1, -0.05) is 0 Å². The van der Waals surface area contributed by atoms with Crippen LogP contribution in [-0.2, 0) is 0 Å². The van der Waals surface area contributed by atoms with E-state index in [2.05, 4.69) is 10.5 Å².